The van der Waals surface area contributed by atoms with Crippen LogP contribution in [0, 0.1) is 11.3 Å². The number of nitrogens with two attached hydrogens (primary N) is 3. The highest BCUT2D eigenvalue weighted by atomic mass is 32.2. The van der Waals surface area contributed by atoms with E-state index in [1.54, 1.807) is 93.0 Å². The number of nitrogens with one attached hydrogen (secondary N) is 15. The number of hydrogen-bond donors (Lipinski definition) is 20. The zero-order valence-electron chi connectivity index (χ0n) is 75.9. The van der Waals surface area contributed by atoms with Gasteiger partial charge in [0.05, 0.1) is 50.3 Å². The van der Waals surface area contributed by atoms with E-state index in [4.69, 9.17) is 22.6 Å². The molecule has 43 nitrogen and oxygen atoms in total. The summed E-state index contributed by atoms with van der Waals surface area (Å²) in [5, 5.41) is 62.0. The third-order valence-corrected chi connectivity index (χ3v) is 24.2. The SMILES string of the molecule is CCCC[C@H]1C(=O)N(C)[C@@H](CCCC)C(=O)N[C@@H](CCCNC(=N)N)C(O)N[C@H](C(=O)NCC(N)=O)CSCC(=O)N[C@@H](Cc2ccccc2)C(=O)N(C)[C@@H](C)C(=O)NC(CC(N)=O)C(=O)N2CCC[C@H]2C(=O)N[C@@H](Cc2cnc[nH]2)C(=O)N[C@@H](CC(C)C)C(=O)N(C)CC(=O)N[C@@H](Cc2c[nH]c3ccccc23)C(=O)N[C@@H](CO)C(=O)N[C@@H](Cc2c[nH]c3ncccc23)C(=O)N1C. The van der Waals surface area contributed by atoms with Crippen LogP contribution >= 0.6 is 11.8 Å². The number of carbonyl (C=O) groups is 16. The molecule has 6 aromatic rings. The Hall–Kier alpha value is -13.1. The lowest BCUT2D eigenvalue weighted by atomic mass is 10.00. The molecule has 6 heterocycles. The second-order valence-corrected chi connectivity index (χ2v) is 34.7. The monoisotopic (exact) mass is 1850 g/mol. The standard InChI is InChI=1S/C88H127N25O18S/c1-10-12-28-67-81(125)102-58(27-20-32-95-88(91)92)77(121)108-66(76(120)98-43-71(90)116)46-132-47-73(118)101-62(35-51-22-15-14-16-23-51)84(128)110(7)50(5)75(119)104-64(39-70(89)115)86(130)113-33-21-30-68(113)82(126)103-60(38-54-42-93-48-99-54)79(123)105-61(34-49(3)4)83(127)109(6)44-72(117)100-59(36-52-40-96-57-26-18-17-24-55(52)57)78(122)107-65(45-114)80(124)106-63(37-53-41-97-74-56(53)25-19-31-94-74)85(129)112(9)69(29-13-11-2)87(131)111(67)8/h14-19,22-26,31,40-42,48-50,58-69,77,96,108,114,121H,10-13,20-21,27-30,32-39,43-47H2,1-9H3,(H2,89,115)(H2,90,116)(H,93,99)(H,94,97)(H,98,120)(H,100,117)(H,101,118)(H,102,125)(H,103,126)(H,104,119)(H,105,123)(H,106,124)(H,107,122)(H4,91,92,95)/t50-,58-,59-,60-,61-,62-,63-,64?,65-,66-,67-,68-,69-,77?/m0/s1. The molecule has 2 unspecified atom stereocenters. The lowest BCUT2D eigenvalue weighted by Crippen LogP contribution is -2.62. The molecule has 2 aromatic carbocycles. The molecule has 718 valence electrons. The van der Waals surface area contributed by atoms with Crippen LogP contribution < -0.4 is 75.7 Å². The zero-order chi connectivity index (χ0) is 96.6. The highest BCUT2D eigenvalue weighted by Crippen LogP contribution is 2.26. The number of aromatic nitrogens is 5. The maximum absolute atomic E-state index is 15.7. The van der Waals surface area contributed by atoms with Gasteiger partial charge in [-0.25, -0.2) is 9.97 Å². The number of amides is 16. The smallest absolute Gasteiger partial charge is 0.246 e. The average Bonchev–Trinajstić information content (AvgIpc) is 1.48. The molecule has 16 amide bonds. The quantitative estimate of drug-likeness (QED) is 0.0147. The number of carbonyl (C=O) groups excluding carboxylic acids is 16. The first-order valence-corrected chi connectivity index (χ1v) is 45.4. The molecule has 0 radical (unpaired) electrons. The molecule has 14 atom stereocenters. The van der Waals surface area contributed by atoms with Crippen molar-refractivity contribution in [3.63, 3.8) is 0 Å². The number of aromatic amines is 3. The fourth-order valence-electron chi connectivity index (χ4n) is 15.8. The van der Waals surface area contributed by atoms with Crippen molar-refractivity contribution in [2.45, 2.75) is 222 Å². The number of guanidine groups is 1. The normalized spacial score (nSPS) is 24.1. The minimum Gasteiger partial charge on any atom is -0.394 e. The van der Waals surface area contributed by atoms with Crippen LogP contribution in [0.1, 0.15) is 134 Å². The fraction of sp³-hybridized carbons (Fsp3) is 0.534. The number of nitrogens with zero attached hydrogens (tertiary/aromatic N) is 7. The summed E-state index contributed by atoms with van der Waals surface area (Å²) in [6.07, 6.45) is 5.83. The first-order valence-electron chi connectivity index (χ1n) is 44.2. The highest BCUT2D eigenvalue weighted by molar-refractivity contribution is 8.00. The molecular weight excluding hydrogens is 1730 g/mol. The second-order valence-electron chi connectivity index (χ2n) is 33.7. The molecule has 0 aliphatic carbocycles. The van der Waals surface area contributed by atoms with Crippen LogP contribution in [0.4, 0.5) is 0 Å². The average molecular weight is 1860 g/mol. The van der Waals surface area contributed by atoms with E-state index in [2.05, 4.69) is 83.4 Å². The Morgan fingerprint density at radius 2 is 1.19 bits per heavy atom. The number of unbranched alkanes of at least 4 members (excludes halogenated alkanes) is 2. The van der Waals surface area contributed by atoms with Gasteiger partial charge in [-0.15, -0.1) is 11.8 Å². The maximum atomic E-state index is 15.7. The number of rotatable bonds is 26. The molecule has 8 rings (SSSR count). The predicted octanol–water partition coefficient (Wildman–Crippen LogP) is -2.95. The van der Waals surface area contributed by atoms with Crippen molar-refractivity contribution in [2.75, 3.05) is 72.5 Å². The summed E-state index contributed by atoms with van der Waals surface area (Å²) in [5.74, 6) is -15.9. The summed E-state index contributed by atoms with van der Waals surface area (Å²) in [6.45, 7) is 6.01. The Morgan fingerprint density at radius 3 is 1.86 bits per heavy atom. The number of aliphatic hydroxyl groups is 2. The Labute approximate surface area is 768 Å². The van der Waals surface area contributed by atoms with Crippen LogP contribution in [0.15, 0.2) is 97.8 Å². The van der Waals surface area contributed by atoms with Gasteiger partial charge in [-0.1, -0.05) is 102 Å². The summed E-state index contributed by atoms with van der Waals surface area (Å²) < 4.78 is 0. The molecule has 2 aliphatic heterocycles. The van der Waals surface area contributed by atoms with Crippen molar-refractivity contribution in [2.24, 2.45) is 23.1 Å². The van der Waals surface area contributed by atoms with E-state index in [1.807, 2.05) is 13.8 Å². The Bertz CT molecular complexity index is 5000. The van der Waals surface area contributed by atoms with E-state index >= 15 is 24.0 Å². The number of benzene rings is 2. The summed E-state index contributed by atoms with van der Waals surface area (Å²) in [7, 11) is 5.27. The number of H-pyrrole nitrogens is 3. The minimum absolute atomic E-state index is 0.0109. The number of pyridine rings is 1. The van der Waals surface area contributed by atoms with Gasteiger partial charge in [0, 0.05) is 119 Å². The summed E-state index contributed by atoms with van der Waals surface area (Å²) >= 11 is 0.834. The third kappa shape index (κ3) is 30.2. The van der Waals surface area contributed by atoms with Crippen molar-refractivity contribution in [1.29, 1.82) is 5.41 Å². The summed E-state index contributed by atoms with van der Waals surface area (Å²) in [5.41, 5.74) is 19.8. The Morgan fingerprint density at radius 1 is 0.591 bits per heavy atom. The van der Waals surface area contributed by atoms with Crippen molar-refractivity contribution in [3.8, 4) is 0 Å². The van der Waals surface area contributed by atoms with Crippen LogP contribution in [-0.4, -0.2) is 317 Å². The first-order chi connectivity index (χ1) is 62.9. The van der Waals surface area contributed by atoms with Gasteiger partial charge in [-0.3, -0.25) is 87.4 Å². The minimum atomic E-state index is -1.86. The molecule has 132 heavy (non-hydrogen) atoms. The molecule has 2 fully saturated rings. The lowest BCUT2D eigenvalue weighted by Gasteiger charge is -2.37. The van der Waals surface area contributed by atoms with Crippen LogP contribution in [0.5, 0.6) is 0 Å². The number of fused-ring (bicyclic) bond motifs is 3. The predicted molar refractivity (Wildman–Crippen MR) is 488 cm³/mol. The number of imidazole rings is 1. The molecule has 44 heteroatoms. The zero-order valence-corrected chi connectivity index (χ0v) is 76.7. The van der Waals surface area contributed by atoms with Gasteiger partial charge >= 0.3 is 0 Å². The van der Waals surface area contributed by atoms with Crippen LogP contribution in [0.3, 0.4) is 0 Å². The number of hydrogen-bond acceptors (Lipinski definition) is 23. The van der Waals surface area contributed by atoms with Gasteiger partial charge in [0.25, 0.3) is 0 Å². The van der Waals surface area contributed by atoms with E-state index < -0.39 is 217 Å². The van der Waals surface area contributed by atoms with Crippen LogP contribution in [-0.2, 0) is 102 Å². The van der Waals surface area contributed by atoms with E-state index in [0.29, 0.717) is 70.0 Å². The third-order valence-electron chi connectivity index (χ3n) is 23.2. The Balaban J connectivity index is 1.18. The van der Waals surface area contributed by atoms with Gasteiger partial charge in [0.1, 0.15) is 78.3 Å². The van der Waals surface area contributed by atoms with Gasteiger partial charge in [-0.2, -0.15) is 0 Å². The number of likely N-dealkylation sites (N-methyl/N-ethyl adjacent to an activating group) is 4. The second kappa shape index (κ2) is 50.9. The molecule has 2 aliphatic rings. The summed E-state index contributed by atoms with van der Waals surface area (Å²) in [6, 6.07) is -0.479. The van der Waals surface area contributed by atoms with Crippen LogP contribution in [0.2, 0.25) is 0 Å². The number of thioether (sulfide) groups is 1. The molecule has 0 bridgehead atoms. The summed E-state index contributed by atoms with van der Waals surface area (Å²) in [4.78, 5) is 257. The van der Waals surface area contributed by atoms with Crippen molar-refractivity contribution in [1.82, 2.24) is 108 Å². The topological polar surface area (TPSA) is 637 Å². The van der Waals surface area contributed by atoms with Crippen molar-refractivity contribution < 1.29 is 86.9 Å². The van der Waals surface area contributed by atoms with Crippen molar-refractivity contribution >= 4 is 134 Å². The van der Waals surface area contributed by atoms with Gasteiger partial charge in [0.15, 0.2) is 5.96 Å². The van der Waals surface area contributed by atoms with Gasteiger partial charge < -0.3 is 120 Å². The van der Waals surface area contributed by atoms with Crippen molar-refractivity contribution in [3.05, 3.63) is 120 Å². The first kappa shape index (κ1) is 104. The van der Waals surface area contributed by atoms with Crippen LogP contribution in [0.25, 0.3) is 21.9 Å². The van der Waals surface area contributed by atoms with E-state index in [1.165, 1.54) is 58.7 Å². The lowest BCUT2D eigenvalue weighted by molar-refractivity contribution is -0.149. The largest absolute Gasteiger partial charge is 0.394 e. The van der Waals surface area contributed by atoms with Gasteiger partial charge in [0.2, 0.25) is 94.5 Å². The highest BCUT2D eigenvalue weighted by Gasteiger charge is 2.44. The van der Waals surface area contributed by atoms with E-state index in [9.17, 15) is 63.0 Å². The van der Waals surface area contributed by atoms with E-state index in [-0.39, 0.29) is 95.4 Å². The van der Waals surface area contributed by atoms with Gasteiger partial charge in [-0.05, 0) is 92.7 Å². The number of aliphatic hydroxyl groups excluding tert-OH is 2. The molecule has 4 aromatic heterocycles. The number of para-hydroxylation sites is 1. The molecule has 0 spiro atoms. The fourth-order valence-corrected chi connectivity index (χ4v) is 16.7. The maximum Gasteiger partial charge on any atom is 0.246 e. The van der Waals surface area contributed by atoms with E-state index in [0.717, 1.165) is 31.4 Å². The molecule has 23 N–H and O–H groups in total. The molecule has 2 saturated heterocycles. The Kier molecular flexibility index (Phi) is 40.2. The molecular formula is C88H127N25O18S. The number of primary amides is 2. The molecule has 0 saturated carbocycles.